The van der Waals surface area contributed by atoms with Crippen LogP contribution in [0.15, 0.2) is 83.5 Å². The molecule has 1 aliphatic rings. The number of aromatic nitrogens is 1. The molecule has 2 aromatic carbocycles. The summed E-state index contributed by atoms with van der Waals surface area (Å²) in [4.78, 5) is 16.7. The third-order valence-electron chi connectivity index (χ3n) is 5.51. The standard InChI is InChI=1S/C26H22N2O4/c1-30-20-7-5-18(6-8-20)23-9-10-24(32-23)26(29)28-16-21-15-19-3-2-4-22(25(19)31-21)17-11-13-27-14-12-17/h2-14,21H,15-16H2,1H3,(H,28,29)/t21-/m1/s1. The summed E-state index contributed by atoms with van der Waals surface area (Å²) in [5.74, 6) is 2.27. The fourth-order valence-electron chi connectivity index (χ4n) is 3.87. The SMILES string of the molecule is COc1ccc(-c2ccc(C(=O)NC[C@H]3Cc4cccc(-c5ccncc5)c4O3)o2)cc1. The van der Waals surface area contributed by atoms with E-state index in [4.69, 9.17) is 13.9 Å². The van der Waals surface area contributed by atoms with Crippen LogP contribution < -0.4 is 14.8 Å². The lowest BCUT2D eigenvalue weighted by Gasteiger charge is -2.13. The Hall–Kier alpha value is -4.06. The van der Waals surface area contributed by atoms with Crippen molar-refractivity contribution in [1.29, 1.82) is 0 Å². The highest BCUT2D eigenvalue weighted by atomic mass is 16.5. The monoisotopic (exact) mass is 426 g/mol. The van der Waals surface area contributed by atoms with Gasteiger partial charge in [0.15, 0.2) is 5.76 Å². The smallest absolute Gasteiger partial charge is 0.287 e. The van der Waals surface area contributed by atoms with Crippen LogP contribution in [-0.4, -0.2) is 30.6 Å². The predicted octanol–water partition coefficient (Wildman–Crippen LogP) is 4.75. The van der Waals surface area contributed by atoms with Crippen molar-refractivity contribution < 1.29 is 18.7 Å². The molecule has 6 heteroatoms. The van der Waals surface area contributed by atoms with Crippen LogP contribution in [0.2, 0.25) is 0 Å². The first-order chi connectivity index (χ1) is 15.7. The van der Waals surface area contributed by atoms with Gasteiger partial charge in [-0.25, -0.2) is 0 Å². The van der Waals surface area contributed by atoms with Crippen molar-refractivity contribution in [2.24, 2.45) is 0 Å². The number of hydrogen-bond donors (Lipinski definition) is 1. The van der Waals surface area contributed by atoms with E-state index in [1.165, 1.54) is 0 Å². The summed E-state index contributed by atoms with van der Waals surface area (Å²) in [7, 11) is 1.62. The maximum atomic E-state index is 12.6. The molecule has 6 nitrogen and oxygen atoms in total. The third-order valence-corrected chi connectivity index (χ3v) is 5.51. The van der Waals surface area contributed by atoms with Gasteiger partial charge in [0.25, 0.3) is 5.91 Å². The Morgan fingerprint density at radius 1 is 1.03 bits per heavy atom. The van der Waals surface area contributed by atoms with E-state index in [0.717, 1.165) is 40.2 Å². The molecule has 2 aromatic heterocycles. The number of rotatable bonds is 6. The third kappa shape index (κ3) is 3.95. The maximum absolute atomic E-state index is 12.6. The van der Waals surface area contributed by atoms with Crippen LogP contribution in [-0.2, 0) is 6.42 Å². The van der Waals surface area contributed by atoms with Crippen LogP contribution in [0, 0.1) is 0 Å². The van der Waals surface area contributed by atoms with Crippen molar-refractivity contribution in [3.05, 3.63) is 90.4 Å². The molecule has 160 valence electrons. The molecule has 4 aromatic rings. The summed E-state index contributed by atoms with van der Waals surface area (Å²) in [6.45, 7) is 0.391. The highest BCUT2D eigenvalue weighted by molar-refractivity contribution is 5.92. The molecule has 5 rings (SSSR count). The molecule has 1 atom stereocenters. The van der Waals surface area contributed by atoms with Crippen molar-refractivity contribution in [1.82, 2.24) is 10.3 Å². The average Bonchev–Trinajstić information content (AvgIpc) is 3.50. The Kier molecular flexibility index (Phi) is 5.34. The van der Waals surface area contributed by atoms with Gasteiger partial charge >= 0.3 is 0 Å². The molecule has 1 amide bonds. The minimum absolute atomic E-state index is 0.132. The quantitative estimate of drug-likeness (QED) is 0.482. The molecule has 1 aliphatic heterocycles. The highest BCUT2D eigenvalue weighted by Crippen LogP contribution is 2.38. The Morgan fingerprint density at radius 3 is 2.62 bits per heavy atom. The molecule has 3 heterocycles. The van der Waals surface area contributed by atoms with Crippen molar-refractivity contribution in [2.45, 2.75) is 12.5 Å². The zero-order chi connectivity index (χ0) is 21.9. The van der Waals surface area contributed by atoms with E-state index in [-0.39, 0.29) is 17.8 Å². The van der Waals surface area contributed by atoms with E-state index < -0.39 is 0 Å². The van der Waals surface area contributed by atoms with Crippen molar-refractivity contribution in [2.75, 3.05) is 13.7 Å². The Bertz CT molecular complexity index is 1230. The number of methoxy groups -OCH3 is 1. The molecule has 0 aliphatic carbocycles. The molecule has 1 N–H and O–H groups in total. The van der Waals surface area contributed by atoms with E-state index >= 15 is 0 Å². The Labute approximate surface area is 185 Å². The molecule has 0 spiro atoms. The number of ether oxygens (including phenoxy) is 2. The molecule has 0 saturated carbocycles. The van der Waals surface area contributed by atoms with Crippen LogP contribution >= 0.6 is 0 Å². The number of carbonyl (C=O) groups is 1. The summed E-state index contributed by atoms with van der Waals surface area (Å²) >= 11 is 0. The Morgan fingerprint density at radius 2 is 1.84 bits per heavy atom. The number of fused-ring (bicyclic) bond motifs is 1. The van der Waals surface area contributed by atoms with Gasteiger partial charge < -0.3 is 19.2 Å². The number of furan rings is 1. The maximum Gasteiger partial charge on any atom is 0.287 e. The summed E-state index contributed by atoms with van der Waals surface area (Å²) < 4.78 is 17.1. The minimum atomic E-state index is -0.265. The zero-order valence-corrected chi connectivity index (χ0v) is 17.6. The molecule has 0 saturated heterocycles. The van der Waals surface area contributed by atoms with Gasteiger partial charge in [0, 0.05) is 29.9 Å². The van der Waals surface area contributed by atoms with Crippen LogP contribution in [0.3, 0.4) is 0 Å². The number of amides is 1. The number of nitrogens with zero attached hydrogens (tertiary/aromatic N) is 1. The zero-order valence-electron chi connectivity index (χ0n) is 17.6. The van der Waals surface area contributed by atoms with Crippen LogP contribution in [0.4, 0.5) is 0 Å². The minimum Gasteiger partial charge on any atom is -0.497 e. The molecule has 0 unspecified atom stereocenters. The first-order valence-electron chi connectivity index (χ1n) is 10.4. The predicted molar refractivity (Wildman–Crippen MR) is 121 cm³/mol. The van der Waals surface area contributed by atoms with Crippen LogP contribution in [0.1, 0.15) is 16.1 Å². The van der Waals surface area contributed by atoms with Crippen molar-refractivity contribution in [3.8, 4) is 33.9 Å². The lowest BCUT2D eigenvalue weighted by molar-refractivity contribution is 0.0907. The second-order valence-corrected chi connectivity index (χ2v) is 7.58. The lowest BCUT2D eigenvalue weighted by atomic mass is 10.0. The van der Waals surface area contributed by atoms with Gasteiger partial charge in [0.1, 0.15) is 23.4 Å². The van der Waals surface area contributed by atoms with Crippen LogP contribution in [0.25, 0.3) is 22.5 Å². The number of pyridine rings is 1. The van der Waals surface area contributed by atoms with Gasteiger partial charge in [-0.3, -0.25) is 9.78 Å². The fraction of sp³-hybridized carbons (Fsp3) is 0.154. The number of benzene rings is 2. The molecular weight excluding hydrogens is 404 g/mol. The number of carbonyl (C=O) groups excluding carboxylic acids is 1. The highest BCUT2D eigenvalue weighted by Gasteiger charge is 2.26. The second kappa shape index (κ2) is 8.59. The Balaban J connectivity index is 1.23. The van der Waals surface area contributed by atoms with Gasteiger partial charge in [-0.15, -0.1) is 0 Å². The van der Waals surface area contributed by atoms with Crippen molar-refractivity contribution in [3.63, 3.8) is 0 Å². The molecule has 0 bridgehead atoms. The van der Waals surface area contributed by atoms with Gasteiger partial charge in [-0.05, 0) is 59.7 Å². The van der Waals surface area contributed by atoms with Crippen molar-refractivity contribution >= 4 is 5.91 Å². The summed E-state index contributed by atoms with van der Waals surface area (Å²) in [6, 6.07) is 21.0. The topological polar surface area (TPSA) is 73.6 Å². The number of nitrogens with one attached hydrogen (secondary N) is 1. The van der Waals surface area contributed by atoms with E-state index in [1.807, 2.05) is 48.5 Å². The van der Waals surface area contributed by atoms with Gasteiger partial charge in [-0.2, -0.15) is 0 Å². The summed E-state index contributed by atoms with van der Waals surface area (Å²) in [5, 5.41) is 2.93. The second-order valence-electron chi connectivity index (χ2n) is 7.58. The fourth-order valence-corrected chi connectivity index (χ4v) is 3.87. The summed E-state index contributed by atoms with van der Waals surface area (Å²) in [6.07, 6.45) is 4.15. The average molecular weight is 426 g/mol. The molecule has 0 radical (unpaired) electrons. The van der Waals surface area contributed by atoms with Gasteiger partial charge in [0.05, 0.1) is 13.7 Å². The van der Waals surface area contributed by atoms with E-state index in [0.29, 0.717) is 12.3 Å². The summed E-state index contributed by atoms with van der Waals surface area (Å²) in [5.41, 5.74) is 4.11. The lowest BCUT2D eigenvalue weighted by Crippen LogP contribution is -2.34. The van der Waals surface area contributed by atoms with Crippen LogP contribution in [0.5, 0.6) is 11.5 Å². The van der Waals surface area contributed by atoms with E-state index in [9.17, 15) is 4.79 Å². The van der Waals surface area contributed by atoms with E-state index in [1.54, 1.807) is 31.6 Å². The largest absolute Gasteiger partial charge is 0.497 e. The van der Waals surface area contributed by atoms with Gasteiger partial charge in [0.2, 0.25) is 0 Å². The first kappa shape index (κ1) is 19.9. The molecular formula is C26H22N2O4. The normalized spacial score (nSPS) is 14.5. The molecule has 0 fully saturated rings. The number of hydrogen-bond acceptors (Lipinski definition) is 5. The van der Waals surface area contributed by atoms with Gasteiger partial charge in [-0.1, -0.05) is 18.2 Å². The number of para-hydroxylation sites is 1. The molecule has 32 heavy (non-hydrogen) atoms. The first-order valence-corrected chi connectivity index (χ1v) is 10.4. The van der Waals surface area contributed by atoms with E-state index in [2.05, 4.69) is 16.4 Å².